The maximum Gasteiger partial charge on any atom is 0.416 e. The molecular weight excluding hydrogens is 648 g/mol. The third-order valence-corrected chi connectivity index (χ3v) is 10.7. The van der Waals surface area contributed by atoms with Crippen LogP contribution in [0.1, 0.15) is 48.8 Å². The molecule has 10 heteroatoms. The van der Waals surface area contributed by atoms with Crippen molar-refractivity contribution in [2.45, 2.75) is 56.3 Å². The number of amides is 1. The van der Waals surface area contributed by atoms with Crippen molar-refractivity contribution in [3.63, 3.8) is 0 Å². The van der Waals surface area contributed by atoms with Crippen molar-refractivity contribution < 1.29 is 26.4 Å². The molecule has 252 valence electrons. The second-order valence-electron chi connectivity index (χ2n) is 12.3. The molecule has 1 aliphatic rings. The van der Waals surface area contributed by atoms with Crippen LogP contribution in [0.3, 0.4) is 0 Å². The average molecular weight is 684 g/mol. The first-order chi connectivity index (χ1) is 23.6. The molecule has 1 N–H and O–H groups in total. The zero-order valence-corrected chi connectivity index (χ0v) is 27.6. The lowest BCUT2D eigenvalue weighted by atomic mass is 9.88. The molecule has 1 fully saturated rings. The van der Waals surface area contributed by atoms with Crippen LogP contribution in [-0.4, -0.2) is 23.6 Å². The maximum atomic E-state index is 14.0. The van der Waals surface area contributed by atoms with E-state index in [0.29, 0.717) is 11.1 Å². The Kier molecular flexibility index (Phi) is 10.3. The van der Waals surface area contributed by atoms with E-state index in [1.807, 2.05) is 54.6 Å². The van der Waals surface area contributed by atoms with Gasteiger partial charge < -0.3 is 5.32 Å². The number of alkyl halides is 3. The van der Waals surface area contributed by atoms with Crippen molar-refractivity contribution in [3.8, 4) is 22.3 Å². The van der Waals surface area contributed by atoms with Crippen LogP contribution >= 0.6 is 0 Å². The van der Waals surface area contributed by atoms with Crippen molar-refractivity contribution in [3.05, 3.63) is 138 Å². The molecule has 0 atom stereocenters. The fourth-order valence-corrected chi connectivity index (χ4v) is 7.52. The van der Waals surface area contributed by atoms with Gasteiger partial charge in [0.25, 0.3) is 0 Å². The second kappa shape index (κ2) is 14.8. The fourth-order valence-electron chi connectivity index (χ4n) is 6.10. The molecule has 0 spiro atoms. The first kappa shape index (κ1) is 34.1. The molecule has 0 unspecified atom stereocenters. The summed E-state index contributed by atoms with van der Waals surface area (Å²) in [7, 11) is -3.99. The van der Waals surface area contributed by atoms with E-state index in [9.17, 15) is 26.4 Å². The van der Waals surface area contributed by atoms with E-state index in [0.717, 1.165) is 65.8 Å². The van der Waals surface area contributed by atoms with Crippen molar-refractivity contribution in [1.29, 1.82) is 0 Å². The number of nitrogens with one attached hydrogen (secondary N) is 1. The van der Waals surface area contributed by atoms with E-state index in [-0.39, 0.29) is 29.8 Å². The number of pyridine rings is 1. The summed E-state index contributed by atoms with van der Waals surface area (Å²) in [6.45, 7) is 0.191. The van der Waals surface area contributed by atoms with Gasteiger partial charge in [0.2, 0.25) is 15.9 Å². The van der Waals surface area contributed by atoms with Crippen molar-refractivity contribution >= 4 is 21.6 Å². The number of hydrogen-bond donors (Lipinski definition) is 1. The molecule has 0 saturated heterocycles. The Hall–Kier alpha value is -4.80. The van der Waals surface area contributed by atoms with Gasteiger partial charge in [-0.2, -0.15) is 17.5 Å². The number of hydrogen-bond acceptors (Lipinski definition) is 4. The monoisotopic (exact) mass is 683 g/mol. The number of benzene rings is 4. The Balaban J connectivity index is 1.17. The van der Waals surface area contributed by atoms with E-state index in [1.54, 1.807) is 30.6 Å². The van der Waals surface area contributed by atoms with E-state index in [2.05, 4.69) is 10.3 Å². The number of rotatable bonds is 10. The third-order valence-electron chi connectivity index (χ3n) is 8.89. The fraction of sp³-hybridized carbons (Fsp3) is 0.231. The van der Waals surface area contributed by atoms with E-state index >= 15 is 0 Å². The van der Waals surface area contributed by atoms with Crippen LogP contribution in [0.5, 0.6) is 0 Å². The lowest BCUT2D eigenvalue weighted by Crippen LogP contribution is -2.30. The number of halogens is 3. The Labute approximate surface area is 284 Å². The minimum absolute atomic E-state index is 0.0688. The van der Waals surface area contributed by atoms with Gasteiger partial charge in [0, 0.05) is 37.1 Å². The molecule has 1 saturated carbocycles. The number of nitrogens with zero attached hydrogens (tertiary/aromatic N) is 2. The Morgan fingerprint density at radius 3 is 1.80 bits per heavy atom. The summed E-state index contributed by atoms with van der Waals surface area (Å²) in [5.41, 5.74) is 4.59. The SMILES string of the molecule is O=C(Nc1ccc(-c2ccc(CN(Cc3cccnc3)S(=O)(=O)c3ccc(-c4ccc(C(F)(F)F)cc4)cc3)cc2)cc1)C1CCCCC1. The molecule has 0 aliphatic heterocycles. The first-order valence-corrected chi connectivity index (χ1v) is 17.7. The molecule has 4 aromatic carbocycles. The summed E-state index contributed by atoms with van der Waals surface area (Å²) in [6, 6.07) is 29.9. The van der Waals surface area contributed by atoms with Crippen LogP contribution < -0.4 is 5.32 Å². The molecule has 1 aliphatic carbocycles. The van der Waals surface area contributed by atoms with Crippen LogP contribution in [-0.2, 0) is 34.1 Å². The molecule has 1 heterocycles. The molecule has 5 aromatic rings. The van der Waals surface area contributed by atoms with Gasteiger partial charge in [0.1, 0.15) is 0 Å². The Bertz CT molecular complexity index is 1960. The van der Waals surface area contributed by atoms with Gasteiger partial charge in [0.05, 0.1) is 10.5 Å². The van der Waals surface area contributed by atoms with Crippen LogP contribution in [0.2, 0.25) is 0 Å². The number of carbonyl (C=O) groups is 1. The lowest BCUT2D eigenvalue weighted by molar-refractivity contribution is -0.137. The summed E-state index contributed by atoms with van der Waals surface area (Å²) in [5.74, 6) is 0.159. The van der Waals surface area contributed by atoms with Crippen molar-refractivity contribution in [1.82, 2.24) is 9.29 Å². The predicted molar refractivity (Wildman–Crippen MR) is 185 cm³/mol. The van der Waals surface area contributed by atoms with Gasteiger partial charge in [-0.3, -0.25) is 9.78 Å². The van der Waals surface area contributed by atoms with Gasteiger partial charge in [-0.25, -0.2) is 8.42 Å². The minimum Gasteiger partial charge on any atom is -0.326 e. The Morgan fingerprint density at radius 2 is 1.24 bits per heavy atom. The average Bonchev–Trinajstić information content (AvgIpc) is 3.12. The largest absolute Gasteiger partial charge is 0.416 e. The standard InChI is InChI=1S/C39H36F3N3O3S/c40-39(41,42)35-18-12-31(13-19-35)33-16-22-37(23-17-33)49(47,48)45(27-29-5-4-24-43-25-29)26-28-8-10-30(11-9-28)32-14-20-36(21-15-32)44-38(46)34-6-2-1-3-7-34/h4-5,8-25,34H,1-3,6-7,26-27H2,(H,44,46). The topological polar surface area (TPSA) is 79.4 Å². The van der Waals surface area contributed by atoms with Gasteiger partial charge in [0.15, 0.2) is 0 Å². The number of aromatic nitrogens is 1. The molecule has 6 nitrogen and oxygen atoms in total. The van der Waals surface area contributed by atoms with Crippen LogP contribution in [0.4, 0.5) is 18.9 Å². The quantitative estimate of drug-likeness (QED) is 0.159. The Morgan fingerprint density at radius 1 is 0.714 bits per heavy atom. The number of carbonyl (C=O) groups excluding carboxylic acids is 1. The molecule has 1 amide bonds. The zero-order chi connectivity index (χ0) is 34.4. The van der Waals surface area contributed by atoms with E-state index < -0.39 is 21.8 Å². The zero-order valence-electron chi connectivity index (χ0n) is 26.7. The van der Waals surface area contributed by atoms with Gasteiger partial charge in [-0.1, -0.05) is 86.0 Å². The second-order valence-corrected chi connectivity index (χ2v) is 14.3. The number of anilines is 1. The molecule has 49 heavy (non-hydrogen) atoms. The third kappa shape index (κ3) is 8.44. The highest BCUT2D eigenvalue weighted by atomic mass is 32.2. The normalized spacial score (nSPS) is 14.1. The molecular formula is C39H36F3N3O3S. The highest BCUT2D eigenvalue weighted by molar-refractivity contribution is 7.89. The lowest BCUT2D eigenvalue weighted by Gasteiger charge is -2.23. The first-order valence-electron chi connectivity index (χ1n) is 16.2. The van der Waals surface area contributed by atoms with Crippen LogP contribution in [0.15, 0.2) is 126 Å². The maximum absolute atomic E-state index is 14.0. The van der Waals surface area contributed by atoms with Crippen molar-refractivity contribution in [2.24, 2.45) is 5.92 Å². The highest BCUT2D eigenvalue weighted by Crippen LogP contribution is 2.32. The summed E-state index contributed by atoms with van der Waals surface area (Å²) >= 11 is 0. The van der Waals surface area contributed by atoms with Gasteiger partial charge >= 0.3 is 6.18 Å². The van der Waals surface area contributed by atoms with Crippen LogP contribution in [0, 0.1) is 5.92 Å². The minimum atomic E-state index is -4.44. The molecule has 6 rings (SSSR count). The van der Waals surface area contributed by atoms with Gasteiger partial charge in [-0.05, 0) is 88.7 Å². The highest BCUT2D eigenvalue weighted by Gasteiger charge is 2.30. The molecule has 0 bridgehead atoms. The van der Waals surface area contributed by atoms with Gasteiger partial charge in [-0.15, -0.1) is 0 Å². The van der Waals surface area contributed by atoms with E-state index in [1.165, 1.54) is 35.0 Å². The van der Waals surface area contributed by atoms with Crippen LogP contribution in [0.25, 0.3) is 22.3 Å². The van der Waals surface area contributed by atoms with Crippen molar-refractivity contribution in [2.75, 3.05) is 5.32 Å². The smallest absolute Gasteiger partial charge is 0.326 e. The summed E-state index contributed by atoms with van der Waals surface area (Å²) in [6.07, 6.45) is 4.09. The summed E-state index contributed by atoms with van der Waals surface area (Å²) in [5, 5.41) is 3.04. The molecule has 1 aromatic heterocycles. The molecule has 0 radical (unpaired) electrons. The van der Waals surface area contributed by atoms with E-state index in [4.69, 9.17) is 0 Å². The summed E-state index contributed by atoms with van der Waals surface area (Å²) < 4.78 is 68.4. The predicted octanol–water partition coefficient (Wildman–Crippen LogP) is 9.34. The summed E-state index contributed by atoms with van der Waals surface area (Å²) in [4.78, 5) is 16.9. The number of sulfonamides is 1.